The van der Waals surface area contributed by atoms with Crippen LogP contribution in [0.2, 0.25) is 0 Å². The predicted molar refractivity (Wildman–Crippen MR) is 91.5 cm³/mol. The van der Waals surface area contributed by atoms with Crippen molar-refractivity contribution in [2.75, 3.05) is 7.11 Å². The zero-order valence-electron chi connectivity index (χ0n) is 15.1. The van der Waals surface area contributed by atoms with Gasteiger partial charge < -0.3 is 9.84 Å². The van der Waals surface area contributed by atoms with Gasteiger partial charge in [0.15, 0.2) is 0 Å². The Morgan fingerprint density at radius 3 is 2.46 bits per heavy atom. The Morgan fingerprint density at radius 1 is 1.08 bits per heavy atom. The number of carbonyl (C=O) groups excluding carboxylic acids is 3. The Hall–Kier alpha value is -1.23. The van der Waals surface area contributed by atoms with E-state index in [4.69, 9.17) is 0 Å². The molecular formula is C19H32O5. The minimum absolute atomic E-state index is 0.101. The van der Waals surface area contributed by atoms with E-state index in [-0.39, 0.29) is 35.8 Å². The highest BCUT2D eigenvalue weighted by Gasteiger charge is 2.40. The summed E-state index contributed by atoms with van der Waals surface area (Å²) in [5.74, 6) is -0.169. The molecule has 0 aromatic carbocycles. The van der Waals surface area contributed by atoms with E-state index in [1.54, 1.807) is 0 Å². The van der Waals surface area contributed by atoms with E-state index in [2.05, 4.69) is 11.7 Å². The second-order valence-electron chi connectivity index (χ2n) is 6.86. The third-order valence-electron chi connectivity index (χ3n) is 5.02. The van der Waals surface area contributed by atoms with Crippen molar-refractivity contribution in [3.8, 4) is 0 Å². The molecule has 5 heteroatoms. The SMILES string of the molecule is CCCCCC(=O)CC[C@H]1[C@H](O)CC(=O)[C@H]1CCCCC(=O)OC. The summed E-state index contributed by atoms with van der Waals surface area (Å²) in [5.41, 5.74) is 0. The van der Waals surface area contributed by atoms with Crippen LogP contribution in [0.3, 0.4) is 0 Å². The topological polar surface area (TPSA) is 80.7 Å². The summed E-state index contributed by atoms with van der Waals surface area (Å²) >= 11 is 0. The molecule has 24 heavy (non-hydrogen) atoms. The molecule has 3 atom stereocenters. The summed E-state index contributed by atoms with van der Waals surface area (Å²) < 4.78 is 4.60. The highest BCUT2D eigenvalue weighted by molar-refractivity contribution is 5.84. The number of aliphatic hydroxyl groups excluding tert-OH is 1. The molecule has 0 spiro atoms. The molecule has 1 fully saturated rings. The Kier molecular flexibility index (Phi) is 9.84. The van der Waals surface area contributed by atoms with E-state index in [0.29, 0.717) is 38.5 Å². The first-order valence-electron chi connectivity index (χ1n) is 9.28. The van der Waals surface area contributed by atoms with Crippen molar-refractivity contribution in [1.82, 2.24) is 0 Å². The molecule has 0 unspecified atom stereocenters. The number of unbranched alkanes of at least 4 members (excludes halogenated alkanes) is 3. The Labute approximate surface area is 145 Å². The molecule has 0 aromatic heterocycles. The lowest BCUT2D eigenvalue weighted by Gasteiger charge is -2.20. The maximum Gasteiger partial charge on any atom is 0.305 e. The molecule has 0 amide bonds. The van der Waals surface area contributed by atoms with E-state index in [1.807, 2.05) is 0 Å². The van der Waals surface area contributed by atoms with Crippen LogP contribution in [0, 0.1) is 11.8 Å². The molecule has 0 bridgehead atoms. The first-order chi connectivity index (χ1) is 11.5. The number of methoxy groups -OCH3 is 1. The van der Waals surface area contributed by atoms with Crippen molar-refractivity contribution < 1.29 is 24.2 Å². The third kappa shape index (κ3) is 7.12. The van der Waals surface area contributed by atoms with Crippen LogP contribution in [0.5, 0.6) is 0 Å². The minimum Gasteiger partial charge on any atom is -0.469 e. The fourth-order valence-corrected chi connectivity index (χ4v) is 3.54. The molecule has 0 aliphatic heterocycles. The summed E-state index contributed by atoms with van der Waals surface area (Å²) in [5, 5.41) is 10.1. The highest BCUT2D eigenvalue weighted by Crippen LogP contribution is 2.36. The Balaban J connectivity index is 2.37. The predicted octanol–water partition coefficient (Wildman–Crippen LogP) is 3.22. The summed E-state index contributed by atoms with van der Waals surface area (Å²) in [6, 6.07) is 0. The van der Waals surface area contributed by atoms with Gasteiger partial charge in [0.1, 0.15) is 11.6 Å². The zero-order chi connectivity index (χ0) is 17.9. The largest absolute Gasteiger partial charge is 0.469 e. The molecule has 0 radical (unpaired) electrons. The summed E-state index contributed by atoms with van der Waals surface area (Å²) in [4.78, 5) is 35.1. The van der Waals surface area contributed by atoms with Crippen molar-refractivity contribution in [2.24, 2.45) is 11.8 Å². The van der Waals surface area contributed by atoms with Gasteiger partial charge in [-0.3, -0.25) is 14.4 Å². The quantitative estimate of drug-likeness (QED) is 0.436. The Morgan fingerprint density at radius 2 is 1.79 bits per heavy atom. The molecule has 1 aliphatic carbocycles. The number of carbonyl (C=O) groups is 3. The molecule has 0 saturated heterocycles. The van der Waals surface area contributed by atoms with E-state index < -0.39 is 6.10 Å². The van der Waals surface area contributed by atoms with Crippen LogP contribution in [-0.4, -0.2) is 35.9 Å². The number of hydrogen-bond acceptors (Lipinski definition) is 5. The lowest BCUT2D eigenvalue weighted by atomic mass is 9.85. The highest BCUT2D eigenvalue weighted by atomic mass is 16.5. The van der Waals surface area contributed by atoms with Crippen LogP contribution < -0.4 is 0 Å². The smallest absolute Gasteiger partial charge is 0.305 e. The zero-order valence-corrected chi connectivity index (χ0v) is 15.1. The van der Waals surface area contributed by atoms with Crippen molar-refractivity contribution in [2.45, 2.75) is 83.7 Å². The van der Waals surface area contributed by atoms with Crippen molar-refractivity contribution in [3.05, 3.63) is 0 Å². The molecule has 5 nitrogen and oxygen atoms in total. The van der Waals surface area contributed by atoms with Crippen LogP contribution in [0.4, 0.5) is 0 Å². The van der Waals surface area contributed by atoms with Crippen LogP contribution in [-0.2, 0) is 19.1 Å². The van der Waals surface area contributed by atoms with Gasteiger partial charge in [-0.05, 0) is 31.6 Å². The monoisotopic (exact) mass is 340 g/mol. The minimum atomic E-state index is -0.619. The number of rotatable bonds is 12. The fraction of sp³-hybridized carbons (Fsp3) is 0.842. The molecule has 1 rings (SSSR count). The molecular weight excluding hydrogens is 308 g/mol. The van der Waals surface area contributed by atoms with Crippen molar-refractivity contribution in [3.63, 3.8) is 0 Å². The molecule has 1 aliphatic rings. The first-order valence-corrected chi connectivity index (χ1v) is 9.28. The lowest BCUT2D eigenvalue weighted by molar-refractivity contribution is -0.140. The molecule has 1 saturated carbocycles. The summed E-state index contributed by atoms with van der Waals surface area (Å²) in [7, 11) is 1.37. The van der Waals surface area contributed by atoms with Crippen LogP contribution in [0.25, 0.3) is 0 Å². The second kappa shape index (κ2) is 11.3. The number of ether oxygens (including phenoxy) is 1. The van der Waals surface area contributed by atoms with Crippen LogP contribution in [0.15, 0.2) is 0 Å². The lowest BCUT2D eigenvalue weighted by Crippen LogP contribution is -2.22. The van der Waals surface area contributed by atoms with Gasteiger partial charge in [-0.2, -0.15) is 0 Å². The number of aliphatic hydroxyl groups is 1. The average Bonchev–Trinajstić information content (AvgIpc) is 2.82. The van der Waals surface area contributed by atoms with Gasteiger partial charge in [0.25, 0.3) is 0 Å². The van der Waals surface area contributed by atoms with Gasteiger partial charge in [0, 0.05) is 31.6 Å². The van der Waals surface area contributed by atoms with Crippen LogP contribution in [0.1, 0.15) is 77.6 Å². The van der Waals surface area contributed by atoms with Crippen molar-refractivity contribution >= 4 is 17.5 Å². The number of esters is 1. The van der Waals surface area contributed by atoms with Gasteiger partial charge in [-0.1, -0.05) is 26.2 Å². The second-order valence-corrected chi connectivity index (χ2v) is 6.86. The van der Waals surface area contributed by atoms with Gasteiger partial charge in [-0.25, -0.2) is 0 Å². The van der Waals surface area contributed by atoms with Crippen LogP contribution >= 0.6 is 0 Å². The molecule has 138 valence electrons. The van der Waals surface area contributed by atoms with Gasteiger partial charge >= 0.3 is 5.97 Å². The number of Topliss-reactive ketones (excluding diaryl/α,β-unsaturated/α-hetero) is 2. The van der Waals surface area contributed by atoms with Gasteiger partial charge in [0.2, 0.25) is 0 Å². The maximum absolute atomic E-state index is 12.1. The van der Waals surface area contributed by atoms with E-state index in [9.17, 15) is 19.5 Å². The standard InChI is InChI=1S/C19H32O5/c1-3-4-5-8-14(20)11-12-16-15(17(21)13-18(16)22)9-6-7-10-19(23)24-2/h15-16,18,22H,3-13H2,1-2H3/t15-,16+,18+/m0/s1. The first kappa shape index (κ1) is 20.8. The Bertz CT molecular complexity index is 418. The summed E-state index contributed by atoms with van der Waals surface area (Å²) in [6.45, 7) is 2.11. The van der Waals surface area contributed by atoms with Gasteiger partial charge in [0.05, 0.1) is 13.2 Å². The van der Waals surface area contributed by atoms with E-state index >= 15 is 0 Å². The maximum atomic E-state index is 12.1. The third-order valence-corrected chi connectivity index (χ3v) is 5.02. The number of ketones is 2. The summed E-state index contributed by atoms with van der Waals surface area (Å²) in [6.07, 6.45) is 6.83. The van der Waals surface area contributed by atoms with Gasteiger partial charge in [-0.15, -0.1) is 0 Å². The molecule has 0 aromatic rings. The van der Waals surface area contributed by atoms with E-state index in [0.717, 1.165) is 25.7 Å². The normalized spacial score (nSPS) is 23.5. The molecule has 0 heterocycles. The van der Waals surface area contributed by atoms with Crippen molar-refractivity contribution in [1.29, 1.82) is 0 Å². The average molecular weight is 340 g/mol. The number of hydrogen-bond donors (Lipinski definition) is 1. The molecule has 1 N–H and O–H groups in total. The fourth-order valence-electron chi connectivity index (χ4n) is 3.54. The van der Waals surface area contributed by atoms with E-state index in [1.165, 1.54) is 7.11 Å².